The van der Waals surface area contributed by atoms with Gasteiger partial charge in [-0.3, -0.25) is 9.59 Å². The lowest BCUT2D eigenvalue weighted by Gasteiger charge is -2.21. The summed E-state index contributed by atoms with van der Waals surface area (Å²) in [4.78, 5) is 26.8. The van der Waals surface area contributed by atoms with Gasteiger partial charge in [0.1, 0.15) is 5.82 Å². The number of sulfone groups is 1. The average molecular weight is 407 g/mol. The van der Waals surface area contributed by atoms with E-state index in [9.17, 15) is 27.5 Å². The second-order valence-corrected chi connectivity index (χ2v) is 7.90. The van der Waals surface area contributed by atoms with Crippen molar-refractivity contribution in [2.45, 2.75) is 17.4 Å². The molecule has 13 heteroatoms. The first kappa shape index (κ1) is 21.4. The summed E-state index contributed by atoms with van der Waals surface area (Å²) in [5.74, 6) is -4.10. The van der Waals surface area contributed by atoms with Crippen LogP contribution in [0.15, 0.2) is 29.3 Å². The topological polar surface area (TPSA) is 151 Å². The lowest BCUT2D eigenvalue weighted by atomic mass is 10.1. The lowest BCUT2D eigenvalue weighted by Crippen LogP contribution is -2.46. The molecule has 2 amide bonds. The van der Waals surface area contributed by atoms with Crippen molar-refractivity contribution >= 4 is 41.0 Å². The zero-order valence-electron chi connectivity index (χ0n) is 14.8. The highest BCUT2D eigenvalue weighted by molar-refractivity contribution is 7.91. The van der Waals surface area contributed by atoms with Gasteiger partial charge in [-0.1, -0.05) is 0 Å². The lowest BCUT2D eigenvalue weighted by molar-refractivity contribution is -0.130. The molecule has 10 nitrogen and oxygen atoms in total. The largest absolute Gasteiger partial charge is 0.379 e. The van der Waals surface area contributed by atoms with E-state index >= 15 is 0 Å². The molecule has 1 heterocycles. The molecule has 0 saturated carbocycles. The Morgan fingerprint density at radius 1 is 1.32 bits per heavy atom. The number of aromatic nitrogens is 3. The Balaban J connectivity index is 2.21. The summed E-state index contributed by atoms with van der Waals surface area (Å²) in [5.41, 5.74) is -2.88. The summed E-state index contributed by atoms with van der Waals surface area (Å²) < 4.78 is 39.0. The second kappa shape index (κ2) is 7.98. The van der Waals surface area contributed by atoms with Crippen molar-refractivity contribution in [1.82, 2.24) is 20.5 Å². The molecule has 3 N–H and O–H groups in total. The van der Waals surface area contributed by atoms with Crippen LogP contribution in [0.25, 0.3) is 0 Å². The Kier molecular flexibility index (Phi) is 6.09. The van der Waals surface area contributed by atoms with Crippen LogP contribution in [0.4, 0.5) is 10.2 Å². The number of amides is 2. The molecule has 0 fully saturated rings. The van der Waals surface area contributed by atoms with Crippen molar-refractivity contribution in [1.29, 1.82) is 0 Å². The van der Waals surface area contributed by atoms with Crippen LogP contribution in [0.3, 0.4) is 0 Å². The number of nitrogens with zero attached hydrogens (tertiary/aromatic N) is 3. The highest BCUT2D eigenvalue weighted by atomic mass is 32.2. The van der Waals surface area contributed by atoms with E-state index in [1.54, 1.807) is 0 Å². The fraction of sp³-hybridized carbons (Fsp3) is 0.267. The van der Waals surface area contributed by atoms with E-state index in [0.717, 1.165) is 25.3 Å². The van der Waals surface area contributed by atoms with Gasteiger partial charge in [0.25, 0.3) is 11.8 Å². The summed E-state index contributed by atoms with van der Waals surface area (Å²) in [7, 11) is 2.27. The standard InChI is InChI=1S/C15H15BFN5O5S/c1-15(25,13(24)20-11-6-19-14(16)22-21-11)7-28(26,27)8-3-4-9(10(17)5-8)12(23)18-2/h3-6,25H,7H2,1-2H3,(H,18,23)(H,20,21,24)/t15-/m0/s1. The first-order valence-corrected chi connectivity index (χ1v) is 9.35. The highest BCUT2D eigenvalue weighted by Crippen LogP contribution is 2.20. The number of rotatable bonds is 6. The Labute approximate surface area is 160 Å². The van der Waals surface area contributed by atoms with Crippen molar-refractivity contribution in [3.8, 4) is 0 Å². The van der Waals surface area contributed by atoms with Crippen molar-refractivity contribution in [3.63, 3.8) is 0 Å². The molecule has 2 rings (SSSR count). The number of hydrogen-bond acceptors (Lipinski definition) is 8. The number of hydrogen-bond donors (Lipinski definition) is 3. The molecule has 28 heavy (non-hydrogen) atoms. The van der Waals surface area contributed by atoms with Gasteiger partial charge in [0.2, 0.25) is 0 Å². The number of benzene rings is 1. The summed E-state index contributed by atoms with van der Waals surface area (Å²) in [6.45, 7) is 0.966. The smallest absolute Gasteiger partial charge is 0.258 e. The monoisotopic (exact) mass is 407 g/mol. The summed E-state index contributed by atoms with van der Waals surface area (Å²) in [5, 5.41) is 21.6. The third-order valence-corrected chi connectivity index (χ3v) is 5.47. The molecule has 0 aliphatic heterocycles. The summed E-state index contributed by atoms with van der Waals surface area (Å²) in [6, 6.07) is 2.64. The maximum Gasteiger partial charge on any atom is 0.258 e. The first-order valence-electron chi connectivity index (χ1n) is 7.69. The van der Waals surface area contributed by atoms with Gasteiger partial charge in [0, 0.05) is 7.05 Å². The van der Waals surface area contributed by atoms with Gasteiger partial charge in [-0.15, -0.1) is 10.2 Å². The van der Waals surface area contributed by atoms with Gasteiger partial charge in [-0.2, -0.15) is 0 Å². The van der Waals surface area contributed by atoms with Gasteiger partial charge < -0.3 is 15.7 Å². The van der Waals surface area contributed by atoms with Gasteiger partial charge >= 0.3 is 0 Å². The molecule has 0 aliphatic rings. The minimum atomic E-state index is -4.29. The fourth-order valence-electron chi connectivity index (χ4n) is 2.12. The quantitative estimate of drug-likeness (QED) is 0.481. The molecule has 0 spiro atoms. The maximum atomic E-state index is 14.0. The number of aliphatic hydroxyl groups is 1. The fourth-order valence-corrected chi connectivity index (χ4v) is 3.72. The molecule has 0 unspecified atom stereocenters. The van der Waals surface area contributed by atoms with Gasteiger partial charge in [-0.05, 0) is 25.1 Å². The molecule has 1 aromatic carbocycles. The number of nitrogens with one attached hydrogen (secondary N) is 2. The molecular formula is C15H15BFN5O5S. The van der Waals surface area contributed by atoms with E-state index in [2.05, 4.69) is 25.8 Å². The predicted molar refractivity (Wildman–Crippen MR) is 96.3 cm³/mol. The average Bonchev–Trinajstić information content (AvgIpc) is 2.62. The van der Waals surface area contributed by atoms with E-state index in [1.807, 2.05) is 0 Å². The zero-order valence-corrected chi connectivity index (χ0v) is 15.6. The Morgan fingerprint density at radius 3 is 2.54 bits per heavy atom. The maximum absolute atomic E-state index is 14.0. The van der Waals surface area contributed by atoms with Crippen LogP contribution in [-0.4, -0.2) is 66.8 Å². The van der Waals surface area contributed by atoms with Gasteiger partial charge in [-0.25, -0.2) is 17.8 Å². The van der Waals surface area contributed by atoms with Crippen LogP contribution in [-0.2, 0) is 14.6 Å². The third kappa shape index (κ3) is 4.87. The second-order valence-electron chi connectivity index (χ2n) is 5.91. The van der Waals surface area contributed by atoms with Crippen molar-refractivity contribution in [3.05, 3.63) is 35.8 Å². The van der Waals surface area contributed by atoms with E-state index < -0.39 is 43.7 Å². The van der Waals surface area contributed by atoms with Crippen LogP contribution < -0.4 is 16.4 Å². The predicted octanol–water partition coefficient (Wildman–Crippen LogP) is -1.67. The Bertz CT molecular complexity index is 1010. The van der Waals surface area contributed by atoms with Crippen LogP contribution in [0.1, 0.15) is 17.3 Å². The molecule has 0 bridgehead atoms. The summed E-state index contributed by atoms with van der Waals surface area (Å²) >= 11 is 0. The van der Waals surface area contributed by atoms with E-state index in [1.165, 1.54) is 7.05 Å². The first-order chi connectivity index (χ1) is 13.0. The minimum Gasteiger partial charge on any atom is -0.379 e. The van der Waals surface area contributed by atoms with Gasteiger partial charge in [0.15, 0.2) is 29.1 Å². The number of anilines is 1. The highest BCUT2D eigenvalue weighted by Gasteiger charge is 2.37. The number of halogens is 1. The van der Waals surface area contributed by atoms with E-state index in [4.69, 9.17) is 7.85 Å². The van der Waals surface area contributed by atoms with Gasteiger partial charge in [0.05, 0.1) is 28.1 Å². The van der Waals surface area contributed by atoms with Crippen LogP contribution >= 0.6 is 0 Å². The SMILES string of the molecule is [B]c1ncc(NC(=O)[C@@](C)(O)CS(=O)(=O)c2ccc(C(=O)NC)c(F)c2)nn1. The van der Waals surface area contributed by atoms with E-state index in [-0.39, 0.29) is 17.1 Å². The Morgan fingerprint density at radius 2 is 2.00 bits per heavy atom. The molecule has 0 aliphatic carbocycles. The van der Waals surface area contributed by atoms with E-state index in [0.29, 0.717) is 6.07 Å². The van der Waals surface area contributed by atoms with Crippen LogP contribution in [0.2, 0.25) is 0 Å². The Hall–Kier alpha value is -2.93. The zero-order chi connectivity index (χ0) is 21.1. The molecule has 0 saturated heterocycles. The van der Waals surface area contributed by atoms with Crippen molar-refractivity contribution < 1.29 is 27.5 Å². The molecule has 146 valence electrons. The summed E-state index contributed by atoms with van der Waals surface area (Å²) in [6.07, 6.45) is 1.07. The minimum absolute atomic E-state index is 0.144. The number of carbonyl (C=O) groups excluding carboxylic acids is 2. The molecule has 2 radical (unpaired) electrons. The molecule has 2 aromatic rings. The molecule has 1 aromatic heterocycles. The van der Waals surface area contributed by atoms with Crippen LogP contribution in [0, 0.1) is 5.82 Å². The normalized spacial score (nSPS) is 13.4. The number of carbonyl (C=O) groups is 2. The van der Waals surface area contributed by atoms with Crippen molar-refractivity contribution in [2.24, 2.45) is 0 Å². The molecular weight excluding hydrogens is 392 g/mol. The third-order valence-electron chi connectivity index (χ3n) is 3.55. The van der Waals surface area contributed by atoms with Crippen molar-refractivity contribution in [2.75, 3.05) is 18.1 Å². The van der Waals surface area contributed by atoms with Crippen LogP contribution in [0.5, 0.6) is 0 Å². The molecule has 1 atom stereocenters.